The lowest BCUT2D eigenvalue weighted by Crippen LogP contribution is -2.69. The summed E-state index contributed by atoms with van der Waals surface area (Å²) in [5, 5.41) is 177. The highest BCUT2D eigenvalue weighted by Gasteiger charge is 2.59. The smallest absolute Gasteiger partial charge is 0.187 e. The second-order valence-corrected chi connectivity index (χ2v) is 17.7. The van der Waals surface area contributed by atoms with Crippen LogP contribution in [0.1, 0.15) is 13.8 Å². The molecule has 0 aromatic heterocycles. The van der Waals surface area contributed by atoms with Crippen LogP contribution in [-0.4, -0.2) is 319 Å². The molecule has 0 aliphatic carbocycles. The summed E-state index contributed by atoms with van der Waals surface area (Å²) >= 11 is 0. The maximum Gasteiger partial charge on any atom is 0.187 e. The molecule has 0 unspecified atom stereocenters. The molecule has 70 heavy (non-hydrogen) atoms. The number of aliphatic hydroxyl groups excluding tert-OH is 16. The second-order valence-electron chi connectivity index (χ2n) is 17.7. The lowest BCUT2D eigenvalue weighted by molar-refractivity contribution is -0.405. The van der Waals surface area contributed by atoms with Crippen molar-refractivity contribution in [2.75, 3.05) is 52.9 Å². The molecule has 0 radical (unpaired) electrons. The first-order chi connectivity index (χ1) is 33.5. The fourth-order valence-corrected chi connectivity index (χ4v) is 9.66. The van der Waals surface area contributed by atoms with E-state index >= 15 is 0 Å². The van der Waals surface area contributed by atoms with Gasteiger partial charge in [0, 0.05) is 13.2 Å². The topological polar surface area (TPSA) is 453 Å². The molecule has 22 aliphatic heterocycles. The summed E-state index contributed by atoms with van der Waals surface area (Å²) in [6.45, 7) is -2.73. The zero-order chi connectivity index (χ0) is 50.9. The van der Waals surface area contributed by atoms with Crippen LogP contribution >= 0.6 is 0 Å². The van der Waals surface area contributed by atoms with Crippen LogP contribution in [-0.2, 0) is 66.3 Å². The van der Waals surface area contributed by atoms with E-state index in [1.807, 2.05) is 0 Å². The minimum atomic E-state index is -2.13. The first kappa shape index (κ1) is 56.5. The molecule has 30 heteroatoms. The third kappa shape index (κ3) is 11.2. The third-order valence-corrected chi connectivity index (χ3v) is 13.3. The lowest BCUT2D eigenvalue weighted by atomic mass is 9.94. The SMILES string of the molecule is CCO[C@@H]1[C@@H](O)[C@H]2O[C@@H]3[C@H](OCC)[C@@H](O)[C@@H](O[C@H]4[C@H](O)[C@@H](O)[C@@H](O[C@H]5[C@H](O)[C@@H](O)[C@@H](O[C@H]6[C@H](O)[C@@H](O)[C@@H](O[C@H]7[C@H](O)[C@@H](O)[C@@H](O[C@H]1[C@@H](CO)O2)O[C@@H]7CO)O[C@@H]6CO)O[C@@H]5CO)O[C@@H]4CO)O[C@@H]3CO. The molecule has 0 amide bonds. The summed E-state index contributed by atoms with van der Waals surface area (Å²) in [7, 11) is 0. The minimum Gasteiger partial charge on any atom is -0.394 e. The molecule has 408 valence electrons. The molecule has 22 fully saturated rings. The molecule has 12 bridgehead atoms. The number of hydrogen-bond donors (Lipinski definition) is 16. The number of aliphatic hydroxyl groups is 16. The van der Waals surface area contributed by atoms with E-state index in [2.05, 4.69) is 0 Å². The van der Waals surface area contributed by atoms with Gasteiger partial charge in [0.25, 0.3) is 0 Å². The Labute approximate surface area is 398 Å². The van der Waals surface area contributed by atoms with Crippen LogP contribution in [0.4, 0.5) is 0 Å². The van der Waals surface area contributed by atoms with Gasteiger partial charge in [0.2, 0.25) is 0 Å². The van der Waals surface area contributed by atoms with Gasteiger partial charge in [-0.1, -0.05) is 0 Å². The van der Waals surface area contributed by atoms with Crippen LogP contribution in [0.25, 0.3) is 0 Å². The van der Waals surface area contributed by atoms with Gasteiger partial charge in [-0.15, -0.1) is 0 Å². The van der Waals surface area contributed by atoms with Gasteiger partial charge in [0.15, 0.2) is 37.7 Å². The van der Waals surface area contributed by atoms with E-state index in [-0.39, 0.29) is 13.2 Å². The molecule has 30 atom stereocenters. The first-order valence-electron chi connectivity index (χ1n) is 23.0. The van der Waals surface area contributed by atoms with Crippen molar-refractivity contribution in [2.24, 2.45) is 0 Å². The minimum absolute atomic E-state index is 0.104. The van der Waals surface area contributed by atoms with E-state index in [1.165, 1.54) is 0 Å². The Morgan fingerprint density at radius 3 is 0.643 bits per heavy atom. The largest absolute Gasteiger partial charge is 0.394 e. The molecular weight excluding hydrogens is 960 g/mol. The van der Waals surface area contributed by atoms with Crippen molar-refractivity contribution in [1.82, 2.24) is 0 Å². The van der Waals surface area contributed by atoms with Crippen LogP contribution in [0.15, 0.2) is 0 Å². The highest BCUT2D eigenvalue weighted by atomic mass is 16.8. The van der Waals surface area contributed by atoms with Crippen LogP contribution in [0.3, 0.4) is 0 Å². The molecule has 16 N–H and O–H groups in total. The molecule has 0 aromatic rings. The predicted octanol–water partition coefficient (Wildman–Crippen LogP) is -11.0. The fraction of sp³-hybridized carbons (Fsp3) is 1.00. The zero-order valence-corrected chi connectivity index (χ0v) is 37.8. The average molecular weight is 1030 g/mol. The van der Waals surface area contributed by atoms with Crippen molar-refractivity contribution in [3.63, 3.8) is 0 Å². The van der Waals surface area contributed by atoms with Crippen molar-refractivity contribution in [1.29, 1.82) is 0 Å². The van der Waals surface area contributed by atoms with Gasteiger partial charge in [-0.25, -0.2) is 0 Å². The molecule has 0 saturated carbocycles. The van der Waals surface area contributed by atoms with Crippen LogP contribution in [0.2, 0.25) is 0 Å². The Hall–Kier alpha value is -1.20. The molecule has 22 heterocycles. The van der Waals surface area contributed by atoms with Gasteiger partial charge in [0.05, 0.1) is 39.6 Å². The van der Waals surface area contributed by atoms with E-state index in [1.54, 1.807) is 13.8 Å². The molecule has 22 rings (SSSR count). The van der Waals surface area contributed by atoms with Crippen molar-refractivity contribution < 1.29 is 148 Å². The summed E-state index contributed by atoms with van der Waals surface area (Å²) in [5.74, 6) is 0. The summed E-state index contributed by atoms with van der Waals surface area (Å²) in [6.07, 6.45) is -54.6. The first-order valence-corrected chi connectivity index (χ1v) is 23.0. The summed E-state index contributed by atoms with van der Waals surface area (Å²) < 4.78 is 81.8. The quantitative estimate of drug-likeness (QED) is 0.0966. The normalized spacial score (nSPS) is 52.9. The predicted molar refractivity (Wildman–Crippen MR) is 215 cm³/mol. The van der Waals surface area contributed by atoms with Crippen LogP contribution in [0, 0.1) is 0 Å². The van der Waals surface area contributed by atoms with Crippen molar-refractivity contribution in [2.45, 2.75) is 198 Å². The maximum atomic E-state index is 11.7. The number of rotatable bonds is 10. The van der Waals surface area contributed by atoms with E-state index in [0.717, 1.165) is 0 Å². The lowest BCUT2D eigenvalue weighted by Gasteiger charge is -2.51. The Bertz CT molecular complexity index is 1580. The molecule has 0 aromatic carbocycles. The van der Waals surface area contributed by atoms with Gasteiger partial charge < -0.3 is 148 Å². The van der Waals surface area contributed by atoms with Gasteiger partial charge >= 0.3 is 0 Å². The standard InChI is InChI=1S/C40H68O30/c1-3-57-33-25(55)39-63-16(10-46)32(33)70-40-26(56)34(58-4-2)31(15(9-45)64-40)69-38-24(54)20(50)29(13(7-43)62-38)67-36-22(52)18(48)27(11(5-41)60-36)65-35-21(51)17(47)28(12(6-42)59-35)66-37-23(53)19(49)30(68-39)14(8-44)61-37/h11-56H,3-10H2,1-2H3/t11-,12-,13-,14-,15-,16-,17-,18-,19-,20-,21-,22-,23-,24-,25-,26-,27-,28-,29-,30-,31+,32+,33-,34-,35-,36-,37-,38-,39-,40-/m1/s1. The van der Waals surface area contributed by atoms with Gasteiger partial charge in [-0.2, -0.15) is 0 Å². The number of hydrogen-bond acceptors (Lipinski definition) is 30. The van der Waals surface area contributed by atoms with Crippen LogP contribution in [0.5, 0.6) is 0 Å². The Kier molecular flexibility index (Phi) is 19.9. The molecule has 30 nitrogen and oxygen atoms in total. The maximum absolute atomic E-state index is 11.7. The van der Waals surface area contributed by atoms with E-state index in [9.17, 15) is 81.7 Å². The van der Waals surface area contributed by atoms with E-state index < -0.39 is 224 Å². The molecule has 22 aliphatic rings. The summed E-state index contributed by atoms with van der Waals surface area (Å²) in [4.78, 5) is 0. The molecule has 0 spiro atoms. The summed E-state index contributed by atoms with van der Waals surface area (Å²) in [5.41, 5.74) is 0. The Morgan fingerprint density at radius 2 is 0.443 bits per heavy atom. The number of ether oxygens (including phenoxy) is 14. The Morgan fingerprint density at radius 1 is 0.257 bits per heavy atom. The Balaban J connectivity index is 1.22. The van der Waals surface area contributed by atoms with Gasteiger partial charge in [-0.05, 0) is 13.8 Å². The zero-order valence-electron chi connectivity index (χ0n) is 37.8. The van der Waals surface area contributed by atoms with Crippen molar-refractivity contribution in [3.8, 4) is 0 Å². The average Bonchev–Trinajstić information content (AvgIpc) is 3.35. The molecular formula is C40H68O30. The monoisotopic (exact) mass is 1030 g/mol. The van der Waals surface area contributed by atoms with E-state index in [0.29, 0.717) is 0 Å². The van der Waals surface area contributed by atoms with Gasteiger partial charge in [0.1, 0.15) is 146 Å². The van der Waals surface area contributed by atoms with Gasteiger partial charge in [-0.3, -0.25) is 0 Å². The van der Waals surface area contributed by atoms with Crippen LogP contribution < -0.4 is 0 Å². The fourth-order valence-electron chi connectivity index (χ4n) is 9.66. The highest BCUT2D eigenvalue weighted by molar-refractivity contribution is 5.01. The molecule has 22 saturated heterocycles. The second kappa shape index (κ2) is 24.6. The van der Waals surface area contributed by atoms with Crippen molar-refractivity contribution in [3.05, 3.63) is 0 Å². The van der Waals surface area contributed by atoms with Crippen molar-refractivity contribution >= 4 is 0 Å². The summed E-state index contributed by atoms with van der Waals surface area (Å²) in [6, 6.07) is 0. The van der Waals surface area contributed by atoms with E-state index in [4.69, 9.17) is 66.3 Å². The third-order valence-electron chi connectivity index (χ3n) is 13.3. The highest BCUT2D eigenvalue weighted by Crippen LogP contribution is 2.39.